The molecule has 0 radical (unpaired) electrons. The number of nitrogens with zero attached hydrogens (tertiary/aromatic N) is 1. The van der Waals surface area contributed by atoms with Crippen molar-refractivity contribution in [1.82, 2.24) is 4.31 Å². The molecule has 0 saturated carbocycles. The number of anilines is 1. The second-order valence-electron chi connectivity index (χ2n) is 4.60. The van der Waals surface area contributed by atoms with Gasteiger partial charge in [0, 0.05) is 13.1 Å². The van der Waals surface area contributed by atoms with E-state index in [1.807, 2.05) is 0 Å². The van der Waals surface area contributed by atoms with Gasteiger partial charge in [0.1, 0.15) is 0 Å². The maximum atomic E-state index is 12.3. The minimum Gasteiger partial charge on any atom is -0.397 e. The minimum absolute atomic E-state index is 0.00759. The van der Waals surface area contributed by atoms with E-state index in [0.717, 1.165) is 4.31 Å². The Hall–Kier alpha value is -0.860. The van der Waals surface area contributed by atoms with Crippen molar-refractivity contribution in [2.45, 2.75) is 24.0 Å². The minimum atomic E-state index is -3.79. The zero-order valence-corrected chi connectivity index (χ0v) is 11.8. The molecule has 0 bridgehead atoms. The fraction of sp³-hybridized carbons (Fsp3) is 0.455. The van der Waals surface area contributed by atoms with Gasteiger partial charge < -0.3 is 15.9 Å². The Morgan fingerprint density at radius 1 is 1.32 bits per heavy atom. The second kappa shape index (κ2) is 4.92. The standard InChI is InChI=1S/C11H15ClN2O4S/c1-6-2-7(3-8(13)11(6)12)19(17,18)14-4-9(15)10(16)5-14/h2-3,9-10,15-16H,4-5,13H2,1H3. The summed E-state index contributed by atoms with van der Waals surface area (Å²) in [4.78, 5) is 0.00759. The third kappa shape index (κ3) is 2.56. The third-order valence-corrected chi connectivity index (χ3v) is 5.45. The zero-order chi connectivity index (χ0) is 14.4. The van der Waals surface area contributed by atoms with Crippen molar-refractivity contribution in [1.29, 1.82) is 0 Å². The smallest absolute Gasteiger partial charge is 0.243 e. The van der Waals surface area contributed by atoms with E-state index in [-0.39, 0.29) is 23.7 Å². The van der Waals surface area contributed by atoms with E-state index in [1.165, 1.54) is 12.1 Å². The molecule has 19 heavy (non-hydrogen) atoms. The summed E-state index contributed by atoms with van der Waals surface area (Å²) in [5.41, 5.74) is 6.39. The molecule has 0 aliphatic carbocycles. The molecule has 106 valence electrons. The molecule has 1 aromatic carbocycles. The van der Waals surface area contributed by atoms with Crippen LogP contribution in [0.4, 0.5) is 5.69 Å². The number of halogens is 1. The number of nitrogens with two attached hydrogens (primary N) is 1. The molecule has 1 saturated heterocycles. The molecule has 8 heteroatoms. The van der Waals surface area contributed by atoms with Crippen LogP contribution in [0, 0.1) is 6.92 Å². The Bertz CT molecular complexity index is 572. The van der Waals surface area contributed by atoms with Crippen LogP contribution in [0.1, 0.15) is 5.56 Å². The number of rotatable bonds is 2. The van der Waals surface area contributed by atoms with Crippen LogP contribution in [-0.2, 0) is 10.0 Å². The van der Waals surface area contributed by atoms with Crippen LogP contribution in [0.25, 0.3) is 0 Å². The zero-order valence-electron chi connectivity index (χ0n) is 10.2. The molecule has 0 spiro atoms. The monoisotopic (exact) mass is 306 g/mol. The second-order valence-corrected chi connectivity index (χ2v) is 6.92. The number of benzene rings is 1. The first-order valence-corrected chi connectivity index (χ1v) is 7.47. The fourth-order valence-corrected chi connectivity index (χ4v) is 3.70. The van der Waals surface area contributed by atoms with Gasteiger partial charge in [-0.05, 0) is 24.6 Å². The number of sulfonamides is 1. The SMILES string of the molecule is Cc1cc(S(=O)(=O)N2CC(O)C(O)C2)cc(N)c1Cl. The molecule has 1 aliphatic heterocycles. The van der Waals surface area contributed by atoms with E-state index >= 15 is 0 Å². The Morgan fingerprint density at radius 2 is 1.84 bits per heavy atom. The molecule has 1 aromatic rings. The van der Waals surface area contributed by atoms with E-state index in [1.54, 1.807) is 6.92 Å². The van der Waals surface area contributed by atoms with Crippen molar-refractivity contribution in [3.63, 3.8) is 0 Å². The molecule has 6 nitrogen and oxygen atoms in total. The Labute approximate surface area is 116 Å². The predicted octanol–water partition coefficient (Wildman–Crippen LogP) is -0.0433. The maximum Gasteiger partial charge on any atom is 0.243 e. The lowest BCUT2D eigenvalue weighted by atomic mass is 10.2. The van der Waals surface area contributed by atoms with Crippen LogP contribution in [0.15, 0.2) is 17.0 Å². The number of hydrogen-bond donors (Lipinski definition) is 3. The lowest BCUT2D eigenvalue weighted by Gasteiger charge is -2.17. The third-order valence-electron chi connectivity index (χ3n) is 3.12. The van der Waals surface area contributed by atoms with E-state index in [0.29, 0.717) is 10.6 Å². The van der Waals surface area contributed by atoms with Gasteiger partial charge in [-0.2, -0.15) is 4.31 Å². The van der Waals surface area contributed by atoms with Crippen LogP contribution < -0.4 is 5.73 Å². The summed E-state index contributed by atoms with van der Waals surface area (Å²) in [6, 6.07) is 2.70. The topological polar surface area (TPSA) is 104 Å². The van der Waals surface area contributed by atoms with Gasteiger partial charge in [-0.1, -0.05) is 11.6 Å². The lowest BCUT2D eigenvalue weighted by molar-refractivity contribution is 0.0572. The molecule has 0 aromatic heterocycles. The fourth-order valence-electron chi connectivity index (χ4n) is 1.99. The first-order valence-electron chi connectivity index (χ1n) is 5.65. The van der Waals surface area contributed by atoms with Crippen molar-refractivity contribution in [3.05, 3.63) is 22.7 Å². The Morgan fingerprint density at radius 3 is 2.32 bits per heavy atom. The molecule has 2 rings (SSSR count). The molecule has 1 aliphatic rings. The van der Waals surface area contributed by atoms with Crippen molar-refractivity contribution in [3.8, 4) is 0 Å². The van der Waals surface area contributed by atoms with Gasteiger partial charge in [-0.15, -0.1) is 0 Å². The average molecular weight is 307 g/mol. The summed E-state index contributed by atoms with van der Waals surface area (Å²) in [6.45, 7) is 1.39. The van der Waals surface area contributed by atoms with Gasteiger partial charge >= 0.3 is 0 Å². The molecule has 1 fully saturated rings. The van der Waals surface area contributed by atoms with Crippen LogP contribution in [0.2, 0.25) is 5.02 Å². The summed E-state index contributed by atoms with van der Waals surface area (Å²) in [7, 11) is -3.79. The first kappa shape index (κ1) is 14.5. The molecular formula is C11H15ClN2O4S. The highest BCUT2D eigenvalue weighted by Gasteiger charge is 2.37. The highest BCUT2D eigenvalue weighted by atomic mass is 35.5. The van der Waals surface area contributed by atoms with Crippen LogP contribution in [-0.4, -0.2) is 48.2 Å². The molecule has 2 atom stereocenters. The molecule has 1 heterocycles. The Balaban J connectivity index is 2.41. The van der Waals surface area contributed by atoms with Crippen molar-refractivity contribution < 1.29 is 18.6 Å². The van der Waals surface area contributed by atoms with E-state index in [2.05, 4.69) is 0 Å². The average Bonchev–Trinajstić information content (AvgIpc) is 2.66. The number of β-amino-alcohol motifs (C(OH)–C–C–N with tert-alkyl or cyclic N) is 2. The summed E-state index contributed by atoms with van der Waals surface area (Å²) in [5.74, 6) is 0. The van der Waals surface area contributed by atoms with Crippen LogP contribution in [0.5, 0.6) is 0 Å². The highest BCUT2D eigenvalue weighted by molar-refractivity contribution is 7.89. The van der Waals surface area contributed by atoms with Gasteiger partial charge in [0.2, 0.25) is 10.0 Å². The van der Waals surface area contributed by atoms with Gasteiger partial charge in [0.15, 0.2) is 0 Å². The molecule has 2 unspecified atom stereocenters. The number of aryl methyl sites for hydroxylation is 1. The first-order chi connectivity index (χ1) is 8.73. The molecular weight excluding hydrogens is 292 g/mol. The number of hydrogen-bond acceptors (Lipinski definition) is 5. The van der Waals surface area contributed by atoms with E-state index in [4.69, 9.17) is 17.3 Å². The summed E-state index contributed by atoms with van der Waals surface area (Å²) in [5, 5.41) is 19.2. The summed E-state index contributed by atoms with van der Waals surface area (Å²) < 4.78 is 25.7. The van der Waals surface area contributed by atoms with Crippen molar-refractivity contribution in [2.24, 2.45) is 0 Å². The van der Waals surface area contributed by atoms with Gasteiger partial charge in [-0.3, -0.25) is 0 Å². The highest BCUT2D eigenvalue weighted by Crippen LogP contribution is 2.29. The van der Waals surface area contributed by atoms with Gasteiger partial charge in [0.05, 0.1) is 27.8 Å². The number of aliphatic hydroxyl groups excluding tert-OH is 2. The normalized spacial score (nSPS) is 24.8. The quantitative estimate of drug-likeness (QED) is 0.665. The lowest BCUT2D eigenvalue weighted by Crippen LogP contribution is -2.30. The maximum absolute atomic E-state index is 12.3. The predicted molar refractivity (Wildman–Crippen MR) is 71.4 cm³/mol. The largest absolute Gasteiger partial charge is 0.397 e. The van der Waals surface area contributed by atoms with Crippen molar-refractivity contribution >= 4 is 27.3 Å². The van der Waals surface area contributed by atoms with Crippen molar-refractivity contribution in [2.75, 3.05) is 18.8 Å². The van der Waals surface area contributed by atoms with Crippen LogP contribution >= 0.6 is 11.6 Å². The van der Waals surface area contributed by atoms with E-state index < -0.39 is 22.2 Å². The Kier molecular flexibility index (Phi) is 3.76. The molecule has 4 N–H and O–H groups in total. The van der Waals surface area contributed by atoms with Gasteiger partial charge in [0.25, 0.3) is 0 Å². The van der Waals surface area contributed by atoms with E-state index in [9.17, 15) is 18.6 Å². The number of nitrogen functional groups attached to an aromatic ring is 1. The summed E-state index contributed by atoms with van der Waals surface area (Å²) in [6.07, 6.45) is -2.14. The molecule has 0 amide bonds. The van der Waals surface area contributed by atoms with Crippen LogP contribution in [0.3, 0.4) is 0 Å². The van der Waals surface area contributed by atoms with Gasteiger partial charge in [-0.25, -0.2) is 8.42 Å². The number of aliphatic hydroxyl groups is 2. The summed E-state index contributed by atoms with van der Waals surface area (Å²) >= 11 is 5.89.